The van der Waals surface area contributed by atoms with Crippen LogP contribution in [0.2, 0.25) is 10.0 Å². The smallest absolute Gasteiger partial charge is 0.255 e. The second-order valence-corrected chi connectivity index (χ2v) is 7.11. The standard InChI is InChI=1S/C17H14Cl2N2O2S/c18-12-6-7-13(19)14(8-12)20-16(22)15-9-24-10-21(15)17(23)11-4-2-1-3-5-11/h1-8,15H,9-10H2,(H,20,22)/t15-/m0/s1. The van der Waals surface area contributed by atoms with Crippen molar-refractivity contribution in [3.05, 3.63) is 64.1 Å². The molecule has 24 heavy (non-hydrogen) atoms. The van der Waals surface area contributed by atoms with Crippen molar-refractivity contribution >= 4 is 52.5 Å². The minimum Gasteiger partial charge on any atom is -0.323 e. The molecule has 0 bridgehead atoms. The van der Waals surface area contributed by atoms with Gasteiger partial charge < -0.3 is 10.2 Å². The van der Waals surface area contributed by atoms with Gasteiger partial charge in [-0.25, -0.2) is 0 Å². The number of carbonyl (C=O) groups is 2. The van der Waals surface area contributed by atoms with Gasteiger partial charge in [-0.1, -0.05) is 41.4 Å². The quantitative estimate of drug-likeness (QED) is 0.869. The Morgan fingerprint density at radius 3 is 2.62 bits per heavy atom. The lowest BCUT2D eigenvalue weighted by atomic mass is 10.1. The van der Waals surface area contributed by atoms with Crippen molar-refractivity contribution in [2.24, 2.45) is 0 Å². The van der Waals surface area contributed by atoms with Crippen LogP contribution in [0.4, 0.5) is 5.69 Å². The van der Waals surface area contributed by atoms with Crippen molar-refractivity contribution in [3.63, 3.8) is 0 Å². The highest BCUT2D eigenvalue weighted by molar-refractivity contribution is 7.99. The maximum Gasteiger partial charge on any atom is 0.255 e. The van der Waals surface area contributed by atoms with E-state index in [0.29, 0.717) is 32.9 Å². The van der Waals surface area contributed by atoms with Gasteiger partial charge >= 0.3 is 0 Å². The fourth-order valence-electron chi connectivity index (χ4n) is 2.42. The molecule has 1 aliphatic rings. The van der Waals surface area contributed by atoms with Crippen LogP contribution in [0.1, 0.15) is 10.4 Å². The van der Waals surface area contributed by atoms with E-state index < -0.39 is 6.04 Å². The molecule has 0 saturated carbocycles. The predicted molar refractivity (Wildman–Crippen MR) is 98.8 cm³/mol. The second kappa shape index (κ2) is 7.47. The first-order valence-electron chi connectivity index (χ1n) is 7.26. The molecule has 2 amide bonds. The van der Waals surface area contributed by atoms with Crippen LogP contribution < -0.4 is 5.32 Å². The molecule has 0 unspecified atom stereocenters. The number of benzene rings is 2. The molecule has 1 aliphatic heterocycles. The molecule has 0 spiro atoms. The normalized spacial score (nSPS) is 16.9. The summed E-state index contributed by atoms with van der Waals surface area (Å²) >= 11 is 13.6. The highest BCUT2D eigenvalue weighted by atomic mass is 35.5. The van der Waals surface area contributed by atoms with Crippen LogP contribution in [-0.2, 0) is 4.79 Å². The van der Waals surface area contributed by atoms with Crippen LogP contribution in [0.3, 0.4) is 0 Å². The number of thioether (sulfide) groups is 1. The third-order valence-electron chi connectivity index (χ3n) is 3.65. The van der Waals surface area contributed by atoms with Crippen molar-refractivity contribution in [1.29, 1.82) is 0 Å². The maximum absolute atomic E-state index is 12.6. The van der Waals surface area contributed by atoms with Gasteiger partial charge in [0.05, 0.1) is 16.6 Å². The Morgan fingerprint density at radius 2 is 1.88 bits per heavy atom. The lowest BCUT2D eigenvalue weighted by Crippen LogP contribution is -2.44. The van der Waals surface area contributed by atoms with Crippen LogP contribution in [0.15, 0.2) is 48.5 Å². The molecule has 0 radical (unpaired) electrons. The monoisotopic (exact) mass is 380 g/mol. The van der Waals surface area contributed by atoms with Gasteiger partial charge in [-0.3, -0.25) is 9.59 Å². The molecule has 124 valence electrons. The van der Waals surface area contributed by atoms with Crippen LogP contribution in [0.5, 0.6) is 0 Å². The Bertz CT molecular complexity index is 770. The van der Waals surface area contributed by atoms with E-state index in [9.17, 15) is 9.59 Å². The van der Waals surface area contributed by atoms with E-state index >= 15 is 0 Å². The predicted octanol–water partition coefficient (Wildman–Crippen LogP) is 4.15. The van der Waals surface area contributed by atoms with Gasteiger partial charge in [0, 0.05) is 16.3 Å². The van der Waals surface area contributed by atoms with E-state index in [1.807, 2.05) is 6.07 Å². The topological polar surface area (TPSA) is 49.4 Å². The number of rotatable bonds is 3. The maximum atomic E-state index is 12.6. The fraction of sp³-hybridized carbons (Fsp3) is 0.176. The molecule has 1 heterocycles. The summed E-state index contributed by atoms with van der Waals surface area (Å²) in [6.07, 6.45) is 0. The first kappa shape index (κ1) is 17.1. The Morgan fingerprint density at radius 1 is 1.12 bits per heavy atom. The van der Waals surface area contributed by atoms with Crippen LogP contribution in [0.25, 0.3) is 0 Å². The summed E-state index contributed by atoms with van der Waals surface area (Å²) in [5.41, 5.74) is 1.01. The fourth-order valence-corrected chi connectivity index (χ4v) is 3.91. The number of amides is 2. The Kier molecular flexibility index (Phi) is 5.33. The zero-order chi connectivity index (χ0) is 17.1. The van der Waals surface area contributed by atoms with E-state index in [4.69, 9.17) is 23.2 Å². The number of hydrogen-bond acceptors (Lipinski definition) is 3. The number of anilines is 1. The van der Waals surface area contributed by atoms with E-state index in [-0.39, 0.29) is 11.8 Å². The van der Waals surface area contributed by atoms with Gasteiger partial charge in [-0.05, 0) is 30.3 Å². The molecule has 1 atom stereocenters. The van der Waals surface area contributed by atoms with E-state index in [1.54, 1.807) is 59.1 Å². The molecule has 1 fully saturated rings. The SMILES string of the molecule is O=C(Nc1cc(Cl)ccc1Cl)[C@@H]1CSCN1C(=O)c1ccccc1. The number of carbonyl (C=O) groups excluding carboxylic acids is 2. The summed E-state index contributed by atoms with van der Waals surface area (Å²) in [6.45, 7) is 0. The third-order valence-corrected chi connectivity index (χ3v) is 5.23. The van der Waals surface area contributed by atoms with Crippen LogP contribution in [-0.4, -0.2) is 34.4 Å². The summed E-state index contributed by atoms with van der Waals surface area (Å²) in [5, 5.41) is 3.65. The van der Waals surface area contributed by atoms with Crippen molar-refractivity contribution < 1.29 is 9.59 Å². The van der Waals surface area contributed by atoms with Crippen LogP contribution in [0, 0.1) is 0 Å². The second-order valence-electron chi connectivity index (χ2n) is 5.27. The highest BCUT2D eigenvalue weighted by Crippen LogP contribution is 2.28. The molecule has 2 aromatic rings. The molecule has 0 aromatic heterocycles. The number of hydrogen-bond donors (Lipinski definition) is 1. The van der Waals surface area contributed by atoms with Gasteiger partial charge in [0.15, 0.2) is 0 Å². The summed E-state index contributed by atoms with van der Waals surface area (Å²) in [6, 6.07) is 13.3. The van der Waals surface area contributed by atoms with Gasteiger partial charge in [-0.15, -0.1) is 11.8 Å². The number of nitrogens with zero attached hydrogens (tertiary/aromatic N) is 1. The Hall–Kier alpha value is -1.69. The molecular weight excluding hydrogens is 367 g/mol. The van der Waals surface area contributed by atoms with Crippen molar-refractivity contribution in [3.8, 4) is 0 Å². The minimum atomic E-state index is -0.544. The van der Waals surface area contributed by atoms with Gasteiger partial charge in [0.2, 0.25) is 5.91 Å². The van der Waals surface area contributed by atoms with Crippen molar-refractivity contribution in [2.45, 2.75) is 6.04 Å². The number of nitrogens with one attached hydrogen (secondary N) is 1. The Balaban J connectivity index is 1.76. The van der Waals surface area contributed by atoms with Crippen molar-refractivity contribution in [1.82, 2.24) is 4.90 Å². The van der Waals surface area contributed by atoms with E-state index in [2.05, 4.69) is 5.32 Å². The average molecular weight is 381 g/mol. The van der Waals surface area contributed by atoms with Gasteiger partial charge in [-0.2, -0.15) is 0 Å². The van der Waals surface area contributed by atoms with Gasteiger partial charge in [0.1, 0.15) is 6.04 Å². The summed E-state index contributed by atoms with van der Waals surface area (Å²) in [4.78, 5) is 26.8. The van der Waals surface area contributed by atoms with Crippen LogP contribution >= 0.6 is 35.0 Å². The molecule has 1 N–H and O–H groups in total. The number of halogens is 2. The average Bonchev–Trinajstić information content (AvgIpc) is 3.08. The molecule has 1 saturated heterocycles. The molecular formula is C17H14Cl2N2O2S. The first-order chi connectivity index (χ1) is 11.6. The first-order valence-corrected chi connectivity index (χ1v) is 9.17. The minimum absolute atomic E-state index is 0.155. The molecule has 2 aromatic carbocycles. The lowest BCUT2D eigenvalue weighted by molar-refractivity contribution is -0.119. The molecule has 3 rings (SSSR count). The highest BCUT2D eigenvalue weighted by Gasteiger charge is 2.35. The zero-order valence-electron chi connectivity index (χ0n) is 12.5. The summed E-state index contributed by atoms with van der Waals surface area (Å²) < 4.78 is 0. The molecule has 7 heteroatoms. The summed E-state index contributed by atoms with van der Waals surface area (Å²) in [5.74, 6) is 0.601. The Labute approximate surface area is 154 Å². The van der Waals surface area contributed by atoms with E-state index in [0.717, 1.165) is 0 Å². The van der Waals surface area contributed by atoms with Crippen molar-refractivity contribution in [2.75, 3.05) is 16.9 Å². The van der Waals surface area contributed by atoms with E-state index in [1.165, 1.54) is 0 Å². The zero-order valence-corrected chi connectivity index (χ0v) is 14.9. The molecule has 4 nitrogen and oxygen atoms in total. The lowest BCUT2D eigenvalue weighted by Gasteiger charge is -2.23. The summed E-state index contributed by atoms with van der Waals surface area (Å²) in [7, 11) is 0. The molecule has 0 aliphatic carbocycles. The third kappa shape index (κ3) is 3.69. The van der Waals surface area contributed by atoms with Gasteiger partial charge in [0.25, 0.3) is 5.91 Å². The largest absolute Gasteiger partial charge is 0.323 e.